The zero-order chi connectivity index (χ0) is 13.0. The van der Waals surface area contributed by atoms with Crippen molar-refractivity contribution in [3.8, 4) is 0 Å². The highest BCUT2D eigenvalue weighted by molar-refractivity contribution is 7.98. The Kier molecular flexibility index (Phi) is 3.98. The summed E-state index contributed by atoms with van der Waals surface area (Å²) in [6.45, 7) is 5.68. The Morgan fingerprint density at radius 2 is 2.06 bits per heavy atom. The van der Waals surface area contributed by atoms with Crippen LogP contribution in [0, 0.1) is 0 Å². The standard InChI is InChI=1S/C10H14N6OS/c1-3-16(4-2)8-13-7(11)14-9(15-8)18-10-12-5-6-17-10/h5-6H,3-4H2,1-2H3,(H2,11,13,14,15). The summed E-state index contributed by atoms with van der Waals surface area (Å²) in [6.07, 6.45) is 3.07. The van der Waals surface area contributed by atoms with Gasteiger partial charge in [-0.3, -0.25) is 0 Å². The van der Waals surface area contributed by atoms with Gasteiger partial charge < -0.3 is 15.1 Å². The van der Waals surface area contributed by atoms with E-state index in [2.05, 4.69) is 19.9 Å². The average molecular weight is 266 g/mol. The van der Waals surface area contributed by atoms with Crippen LogP contribution in [0.4, 0.5) is 11.9 Å². The molecule has 2 rings (SSSR count). The first-order chi connectivity index (χ1) is 8.72. The van der Waals surface area contributed by atoms with E-state index >= 15 is 0 Å². The van der Waals surface area contributed by atoms with Crippen molar-refractivity contribution in [1.82, 2.24) is 19.9 Å². The van der Waals surface area contributed by atoms with Gasteiger partial charge in [0.15, 0.2) is 0 Å². The van der Waals surface area contributed by atoms with Gasteiger partial charge in [-0.25, -0.2) is 4.98 Å². The van der Waals surface area contributed by atoms with Crippen LogP contribution >= 0.6 is 11.8 Å². The number of anilines is 2. The van der Waals surface area contributed by atoms with Crippen LogP contribution < -0.4 is 10.6 Å². The van der Waals surface area contributed by atoms with Crippen LogP contribution in [0.1, 0.15) is 13.8 Å². The van der Waals surface area contributed by atoms with E-state index in [1.807, 2.05) is 18.7 Å². The van der Waals surface area contributed by atoms with Gasteiger partial charge in [0.05, 0.1) is 6.20 Å². The SMILES string of the molecule is CCN(CC)c1nc(N)nc(Sc2ncco2)n1. The number of nitrogens with zero attached hydrogens (tertiary/aromatic N) is 5. The minimum Gasteiger partial charge on any atom is -0.440 e. The minimum atomic E-state index is 0.195. The second-order valence-electron chi connectivity index (χ2n) is 3.35. The molecule has 2 heterocycles. The van der Waals surface area contributed by atoms with Gasteiger partial charge in [0, 0.05) is 24.9 Å². The maximum Gasteiger partial charge on any atom is 0.263 e. The molecule has 0 aliphatic carbocycles. The Labute approximate surface area is 109 Å². The summed E-state index contributed by atoms with van der Waals surface area (Å²) < 4.78 is 5.13. The second kappa shape index (κ2) is 5.67. The summed E-state index contributed by atoms with van der Waals surface area (Å²) in [5, 5.41) is 0.956. The lowest BCUT2D eigenvalue weighted by Crippen LogP contribution is -2.25. The highest BCUT2D eigenvalue weighted by Gasteiger charge is 2.12. The van der Waals surface area contributed by atoms with Gasteiger partial charge in [-0.1, -0.05) is 0 Å². The molecular weight excluding hydrogens is 252 g/mol. The molecule has 0 amide bonds. The van der Waals surface area contributed by atoms with Gasteiger partial charge in [-0.2, -0.15) is 15.0 Å². The fourth-order valence-electron chi connectivity index (χ4n) is 1.39. The second-order valence-corrected chi connectivity index (χ2v) is 4.27. The Morgan fingerprint density at radius 1 is 1.28 bits per heavy atom. The van der Waals surface area contributed by atoms with Gasteiger partial charge >= 0.3 is 0 Å². The summed E-state index contributed by atoms with van der Waals surface area (Å²) in [6, 6.07) is 0. The molecule has 18 heavy (non-hydrogen) atoms. The van der Waals surface area contributed by atoms with E-state index in [0.717, 1.165) is 13.1 Å². The maximum absolute atomic E-state index is 5.68. The molecule has 2 aromatic heterocycles. The predicted molar refractivity (Wildman–Crippen MR) is 68.4 cm³/mol. The van der Waals surface area contributed by atoms with Crippen molar-refractivity contribution < 1.29 is 4.42 Å². The Balaban J connectivity index is 2.26. The zero-order valence-electron chi connectivity index (χ0n) is 10.2. The molecule has 0 fully saturated rings. The number of hydrogen-bond acceptors (Lipinski definition) is 8. The quantitative estimate of drug-likeness (QED) is 0.868. The molecule has 0 saturated carbocycles. The van der Waals surface area contributed by atoms with Crippen LogP contribution in [-0.2, 0) is 0 Å². The molecule has 0 aromatic carbocycles. The summed E-state index contributed by atoms with van der Waals surface area (Å²) in [5.74, 6) is 0.766. The van der Waals surface area contributed by atoms with Crippen molar-refractivity contribution in [2.75, 3.05) is 23.7 Å². The Hall–Kier alpha value is -1.83. The van der Waals surface area contributed by atoms with E-state index in [9.17, 15) is 0 Å². The number of aromatic nitrogens is 4. The van der Waals surface area contributed by atoms with Crippen LogP contribution in [-0.4, -0.2) is 33.0 Å². The van der Waals surface area contributed by atoms with E-state index in [1.54, 1.807) is 6.20 Å². The molecule has 0 aliphatic rings. The third-order valence-electron chi connectivity index (χ3n) is 2.25. The van der Waals surface area contributed by atoms with Crippen molar-refractivity contribution in [3.05, 3.63) is 12.5 Å². The van der Waals surface area contributed by atoms with E-state index < -0.39 is 0 Å². The van der Waals surface area contributed by atoms with Gasteiger partial charge in [-0.15, -0.1) is 0 Å². The molecule has 96 valence electrons. The number of nitrogens with two attached hydrogens (primary N) is 1. The van der Waals surface area contributed by atoms with E-state index in [1.165, 1.54) is 18.0 Å². The molecule has 0 spiro atoms. The molecule has 7 nitrogen and oxygen atoms in total. The summed E-state index contributed by atoms with van der Waals surface area (Å²) in [4.78, 5) is 18.5. The van der Waals surface area contributed by atoms with Crippen LogP contribution in [0.2, 0.25) is 0 Å². The van der Waals surface area contributed by atoms with Gasteiger partial charge in [0.25, 0.3) is 5.22 Å². The predicted octanol–water partition coefficient (Wildman–Crippen LogP) is 1.44. The van der Waals surface area contributed by atoms with Crippen LogP contribution in [0.3, 0.4) is 0 Å². The highest BCUT2D eigenvalue weighted by Crippen LogP contribution is 2.24. The lowest BCUT2D eigenvalue weighted by Gasteiger charge is -2.18. The van der Waals surface area contributed by atoms with E-state index in [-0.39, 0.29) is 5.95 Å². The Bertz CT molecular complexity index is 499. The molecule has 2 aromatic rings. The summed E-state index contributed by atoms with van der Waals surface area (Å²) in [5.41, 5.74) is 5.68. The van der Waals surface area contributed by atoms with Crippen molar-refractivity contribution >= 4 is 23.7 Å². The molecule has 0 unspecified atom stereocenters. The van der Waals surface area contributed by atoms with E-state index in [4.69, 9.17) is 10.2 Å². The molecule has 0 bridgehead atoms. The van der Waals surface area contributed by atoms with Crippen LogP contribution in [0.5, 0.6) is 0 Å². The van der Waals surface area contributed by atoms with Crippen LogP contribution in [0.15, 0.2) is 27.3 Å². The number of oxazole rings is 1. The molecule has 8 heteroatoms. The lowest BCUT2D eigenvalue weighted by molar-refractivity contribution is 0.453. The normalized spacial score (nSPS) is 10.6. The van der Waals surface area contributed by atoms with Crippen molar-refractivity contribution in [1.29, 1.82) is 0 Å². The topological polar surface area (TPSA) is 94.0 Å². The fourth-order valence-corrected chi connectivity index (χ4v) is 2.03. The first kappa shape index (κ1) is 12.6. The minimum absolute atomic E-state index is 0.195. The summed E-state index contributed by atoms with van der Waals surface area (Å²) >= 11 is 1.21. The molecule has 0 saturated heterocycles. The summed E-state index contributed by atoms with van der Waals surface area (Å²) in [7, 11) is 0. The van der Waals surface area contributed by atoms with Crippen LogP contribution in [0.25, 0.3) is 0 Å². The van der Waals surface area contributed by atoms with Crippen molar-refractivity contribution in [3.63, 3.8) is 0 Å². The molecule has 0 atom stereocenters. The molecule has 2 N–H and O–H groups in total. The Morgan fingerprint density at radius 3 is 2.67 bits per heavy atom. The largest absolute Gasteiger partial charge is 0.440 e. The third-order valence-corrected chi connectivity index (χ3v) is 3.00. The van der Waals surface area contributed by atoms with Crippen molar-refractivity contribution in [2.45, 2.75) is 24.2 Å². The first-order valence-electron chi connectivity index (χ1n) is 5.56. The first-order valence-corrected chi connectivity index (χ1v) is 6.38. The zero-order valence-corrected chi connectivity index (χ0v) is 11.0. The number of hydrogen-bond donors (Lipinski definition) is 1. The highest BCUT2D eigenvalue weighted by atomic mass is 32.2. The lowest BCUT2D eigenvalue weighted by atomic mass is 10.5. The van der Waals surface area contributed by atoms with Crippen molar-refractivity contribution in [2.24, 2.45) is 0 Å². The molecule has 0 radical (unpaired) electrons. The number of nitrogen functional groups attached to an aromatic ring is 1. The van der Waals surface area contributed by atoms with Gasteiger partial charge in [0.2, 0.25) is 17.1 Å². The molecular formula is C10H14N6OS. The van der Waals surface area contributed by atoms with Gasteiger partial charge in [-0.05, 0) is 13.8 Å². The number of rotatable bonds is 5. The van der Waals surface area contributed by atoms with Gasteiger partial charge in [0.1, 0.15) is 6.26 Å². The third kappa shape index (κ3) is 2.89. The average Bonchev–Trinajstić information content (AvgIpc) is 2.83. The monoisotopic (exact) mass is 266 g/mol. The molecule has 0 aliphatic heterocycles. The maximum atomic E-state index is 5.68. The fraction of sp³-hybridized carbons (Fsp3) is 0.400. The van der Waals surface area contributed by atoms with E-state index in [0.29, 0.717) is 16.3 Å². The smallest absolute Gasteiger partial charge is 0.263 e.